The predicted octanol–water partition coefficient (Wildman–Crippen LogP) is 3.79. The second-order valence-corrected chi connectivity index (χ2v) is 10.0. The number of aliphatic imine (C=N–C) groups is 1. The van der Waals surface area contributed by atoms with Crippen molar-refractivity contribution < 1.29 is 4.42 Å². The van der Waals surface area contributed by atoms with Crippen LogP contribution in [0, 0.1) is 20.8 Å². The highest BCUT2D eigenvalue weighted by atomic mass is 32.1. The maximum Gasteiger partial charge on any atom is 0.196 e. The van der Waals surface area contributed by atoms with Crippen molar-refractivity contribution in [3.63, 3.8) is 0 Å². The molecule has 1 unspecified atom stereocenters. The molecule has 0 aliphatic carbocycles. The Morgan fingerprint density at radius 1 is 1.09 bits per heavy atom. The van der Waals surface area contributed by atoms with Gasteiger partial charge in [0, 0.05) is 47.9 Å². The molecule has 6 rings (SSSR count). The van der Waals surface area contributed by atoms with Crippen molar-refractivity contribution in [1.82, 2.24) is 25.1 Å². The summed E-state index contributed by atoms with van der Waals surface area (Å²) in [6.07, 6.45) is 3.80. The molecule has 174 valence electrons. The predicted molar refractivity (Wildman–Crippen MR) is 134 cm³/mol. The fourth-order valence-corrected chi connectivity index (χ4v) is 6.01. The monoisotopic (exact) mass is 473 g/mol. The average molecular weight is 474 g/mol. The van der Waals surface area contributed by atoms with Crippen LogP contribution in [0.5, 0.6) is 0 Å². The van der Waals surface area contributed by atoms with Crippen LogP contribution >= 0.6 is 11.3 Å². The molecule has 1 fully saturated rings. The Kier molecular flexibility index (Phi) is 5.30. The van der Waals surface area contributed by atoms with Gasteiger partial charge < -0.3 is 14.6 Å². The van der Waals surface area contributed by atoms with Crippen LogP contribution in [-0.4, -0.2) is 51.6 Å². The van der Waals surface area contributed by atoms with Crippen LogP contribution in [0.25, 0.3) is 5.00 Å². The average Bonchev–Trinajstić information content (AvgIpc) is 3.56. The van der Waals surface area contributed by atoms with Gasteiger partial charge in [0.15, 0.2) is 11.7 Å². The highest BCUT2D eigenvalue weighted by molar-refractivity contribution is 7.15. The fraction of sp³-hybridized carbons (Fsp3) is 0.360. The van der Waals surface area contributed by atoms with Gasteiger partial charge in [-0.1, -0.05) is 12.1 Å². The van der Waals surface area contributed by atoms with Crippen LogP contribution in [0.2, 0.25) is 0 Å². The van der Waals surface area contributed by atoms with Crippen molar-refractivity contribution in [2.45, 2.75) is 33.2 Å². The van der Waals surface area contributed by atoms with Crippen molar-refractivity contribution in [1.29, 1.82) is 0 Å². The molecule has 2 aliphatic rings. The third-order valence-corrected chi connectivity index (χ3v) is 7.91. The molecule has 1 aromatic carbocycles. The largest absolute Gasteiger partial charge is 0.449 e. The van der Waals surface area contributed by atoms with Gasteiger partial charge in [-0.3, -0.25) is 9.56 Å². The third-order valence-electron chi connectivity index (χ3n) is 6.71. The number of aryl methyl sites for hydroxylation is 2. The minimum Gasteiger partial charge on any atom is -0.449 e. The second-order valence-electron chi connectivity index (χ2n) is 8.81. The Hall–Kier alpha value is -3.30. The molecular weight excluding hydrogens is 446 g/mol. The van der Waals surface area contributed by atoms with E-state index in [2.05, 4.69) is 68.1 Å². The van der Waals surface area contributed by atoms with Crippen LogP contribution in [0.1, 0.15) is 45.1 Å². The summed E-state index contributed by atoms with van der Waals surface area (Å²) in [6, 6.07) is 8.59. The molecule has 34 heavy (non-hydrogen) atoms. The lowest BCUT2D eigenvalue weighted by Gasteiger charge is -2.29. The summed E-state index contributed by atoms with van der Waals surface area (Å²) in [5.41, 5.74) is 5.76. The van der Waals surface area contributed by atoms with Crippen LogP contribution < -0.4 is 10.2 Å². The van der Waals surface area contributed by atoms with Crippen molar-refractivity contribution in [3.05, 3.63) is 75.8 Å². The number of benzene rings is 1. The third kappa shape index (κ3) is 3.56. The van der Waals surface area contributed by atoms with Gasteiger partial charge in [0.25, 0.3) is 0 Å². The van der Waals surface area contributed by atoms with Gasteiger partial charge in [-0.2, -0.15) is 0 Å². The van der Waals surface area contributed by atoms with E-state index in [1.54, 1.807) is 23.8 Å². The number of hydrogen-bond donors (Lipinski definition) is 1. The minimum atomic E-state index is -0.248. The topological polar surface area (TPSA) is 84.4 Å². The van der Waals surface area contributed by atoms with Crippen molar-refractivity contribution >= 4 is 22.7 Å². The van der Waals surface area contributed by atoms with E-state index >= 15 is 0 Å². The molecule has 3 aromatic heterocycles. The minimum absolute atomic E-state index is 0.248. The molecular formula is C25H27N7OS. The SMILES string of the molecule is Cc1sc2c(c1C)C(c1ccc(N3CCNCC3)cc1)=NC(Cc1ncco1)c1nnc(C)n1-2. The maximum atomic E-state index is 5.58. The summed E-state index contributed by atoms with van der Waals surface area (Å²) >= 11 is 1.77. The first kappa shape index (κ1) is 21.2. The first-order valence-corrected chi connectivity index (χ1v) is 12.5. The summed E-state index contributed by atoms with van der Waals surface area (Å²) in [5, 5.41) is 13.5. The maximum absolute atomic E-state index is 5.58. The van der Waals surface area contributed by atoms with Crippen LogP contribution in [0.15, 0.2) is 46.1 Å². The van der Waals surface area contributed by atoms with Gasteiger partial charge in [0.2, 0.25) is 0 Å². The highest BCUT2D eigenvalue weighted by Gasteiger charge is 2.32. The molecule has 9 heteroatoms. The van der Waals surface area contributed by atoms with E-state index in [1.807, 2.05) is 6.92 Å². The zero-order valence-electron chi connectivity index (χ0n) is 19.6. The Balaban J connectivity index is 1.49. The van der Waals surface area contributed by atoms with Gasteiger partial charge >= 0.3 is 0 Å². The summed E-state index contributed by atoms with van der Waals surface area (Å²) in [6.45, 7) is 10.4. The van der Waals surface area contributed by atoms with E-state index in [9.17, 15) is 0 Å². The first-order valence-electron chi connectivity index (χ1n) is 11.6. The number of anilines is 1. The quantitative estimate of drug-likeness (QED) is 0.486. The number of fused-ring (bicyclic) bond motifs is 3. The van der Waals surface area contributed by atoms with Gasteiger partial charge in [-0.25, -0.2) is 4.98 Å². The van der Waals surface area contributed by atoms with Crippen molar-refractivity contribution in [2.24, 2.45) is 4.99 Å². The number of hydrogen-bond acceptors (Lipinski definition) is 8. The van der Waals surface area contributed by atoms with Crippen LogP contribution in [-0.2, 0) is 6.42 Å². The molecule has 1 atom stereocenters. The summed E-state index contributed by atoms with van der Waals surface area (Å²) < 4.78 is 7.74. The Morgan fingerprint density at radius 3 is 2.62 bits per heavy atom. The molecule has 1 N–H and O–H groups in total. The zero-order chi connectivity index (χ0) is 23.2. The molecule has 2 aliphatic heterocycles. The fourth-order valence-electron chi connectivity index (χ4n) is 4.80. The first-order chi connectivity index (χ1) is 16.6. The zero-order valence-corrected chi connectivity index (χ0v) is 20.4. The molecule has 0 saturated carbocycles. The molecule has 0 radical (unpaired) electrons. The second kappa shape index (κ2) is 8.48. The van der Waals surface area contributed by atoms with Gasteiger partial charge in [0.05, 0.1) is 18.3 Å². The van der Waals surface area contributed by atoms with Crippen molar-refractivity contribution in [2.75, 3.05) is 31.1 Å². The summed E-state index contributed by atoms with van der Waals surface area (Å²) in [7, 11) is 0. The number of oxazole rings is 1. The Morgan fingerprint density at radius 2 is 1.88 bits per heavy atom. The molecule has 0 amide bonds. The number of nitrogens with one attached hydrogen (secondary N) is 1. The lowest BCUT2D eigenvalue weighted by Crippen LogP contribution is -2.43. The normalized spacial score (nSPS) is 17.8. The number of aromatic nitrogens is 4. The Bertz CT molecular complexity index is 1340. The highest BCUT2D eigenvalue weighted by Crippen LogP contribution is 2.39. The van der Waals surface area contributed by atoms with Crippen LogP contribution in [0.4, 0.5) is 5.69 Å². The van der Waals surface area contributed by atoms with Crippen LogP contribution in [0.3, 0.4) is 0 Å². The van der Waals surface area contributed by atoms with E-state index in [0.717, 1.165) is 59.7 Å². The lowest BCUT2D eigenvalue weighted by molar-refractivity contribution is 0.467. The van der Waals surface area contributed by atoms with E-state index in [4.69, 9.17) is 9.41 Å². The molecule has 8 nitrogen and oxygen atoms in total. The van der Waals surface area contributed by atoms with E-state index in [-0.39, 0.29) is 6.04 Å². The Labute approximate surface area is 202 Å². The van der Waals surface area contributed by atoms with E-state index < -0.39 is 0 Å². The molecule has 0 bridgehead atoms. The van der Waals surface area contributed by atoms with Gasteiger partial charge in [0.1, 0.15) is 23.1 Å². The number of piperazine rings is 1. The summed E-state index contributed by atoms with van der Waals surface area (Å²) in [5.74, 6) is 2.33. The molecule has 1 saturated heterocycles. The van der Waals surface area contributed by atoms with Gasteiger partial charge in [-0.15, -0.1) is 21.5 Å². The van der Waals surface area contributed by atoms with E-state index in [1.165, 1.54) is 16.1 Å². The molecule has 4 aromatic rings. The van der Waals surface area contributed by atoms with E-state index in [0.29, 0.717) is 12.3 Å². The van der Waals surface area contributed by atoms with Crippen molar-refractivity contribution in [3.8, 4) is 5.00 Å². The number of nitrogens with zero attached hydrogens (tertiary/aromatic N) is 6. The number of thiophene rings is 1. The standard InChI is InChI=1S/C25H27N7OS/c1-15-16(2)34-25-22(15)23(18-4-6-19(7-5-18)31-11-8-26-9-12-31)28-20(14-21-27-10-13-33-21)24-30-29-17(3)32(24)25/h4-7,10,13,20,26H,8-9,11-12,14H2,1-3H3. The molecule has 5 heterocycles. The van der Waals surface area contributed by atoms with Gasteiger partial charge in [-0.05, 0) is 38.5 Å². The molecule has 0 spiro atoms. The summed E-state index contributed by atoms with van der Waals surface area (Å²) in [4.78, 5) is 13.4. The smallest absolute Gasteiger partial charge is 0.196 e. The number of rotatable bonds is 4. The lowest BCUT2D eigenvalue weighted by atomic mass is 9.99.